The van der Waals surface area contributed by atoms with Crippen molar-refractivity contribution in [1.82, 2.24) is 4.90 Å². The smallest absolute Gasteiger partial charge is 0.321 e. The van der Waals surface area contributed by atoms with Crippen LogP contribution >= 0.6 is 15.9 Å². The Morgan fingerprint density at radius 3 is 2.60 bits per heavy atom. The number of aliphatic hydroxyl groups excluding tert-OH is 1. The highest BCUT2D eigenvalue weighted by Crippen LogP contribution is 2.27. The Kier molecular flexibility index (Phi) is 6.49. The number of hydrogen-bond acceptors (Lipinski definition) is 2. The summed E-state index contributed by atoms with van der Waals surface area (Å²) in [5.74, 6) is 0.325. The molecule has 0 spiro atoms. The second-order valence-corrected chi connectivity index (χ2v) is 6.29. The number of anilines is 1. The molecule has 5 heteroatoms. The van der Waals surface area contributed by atoms with E-state index in [1.807, 2.05) is 18.2 Å². The van der Waals surface area contributed by atoms with Gasteiger partial charge in [-0.15, -0.1) is 0 Å². The number of aliphatic hydroxyl groups is 1. The lowest BCUT2D eigenvalue weighted by Gasteiger charge is -2.21. The molecule has 0 aliphatic heterocycles. The summed E-state index contributed by atoms with van der Waals surface area (Å²) in [6.45, 7) is 6.43. The molecule has 0 bridgehead atoms. The van der Waals surface area contributed by atoms with E-state index in [4.69, 9.17) is 0 Å². The lowest BCUT2D eigenvalue weighted by molar-refractivity contribution is 0.167. The molecule has 1 atom stereocenters. The quantitative estimate of drug-likeness (QED) is 0.854. The number of carbonyl (C=O) groups excluding carboxylic acids is 1. The van der Waals surface area contributed by atoms with Gasteiger partial charge in [0.05, 0.1) is 6.10 Å². The van der Waals surface area contributed by atoms with E-state index < -0.39 is 6.10 Å². The van der Waals surface area contributed by atoms with Gasteiger partial charge in [-0.3, -0.25) is 0 Å². The maximum absolute atomic E-state index is 12.1. The molecule has 2 N–H and O–H groups in total. The van der Waals surface area contributed by atoms with E-state index in [2.05, 4.69) is 35.1 Å². The van der Waals surface area contributed by atoms with Crippen LogP contribution in [0.1, 0.15) is 38.7 Å². The number of hydrogen-bond donors (Lipinski definition) is 2. The van der Waals surface area contributed by atoms with Crippen molar-refractivity contribution in [2.75, 3.05) is 18.9 Å². The molecule has 1 rings (SSSR count). The van der Waals surface area contributed by atoms with Crippen LogP contribution in [-0.4, -0.2) is 35.7 Å². The highest BCUT2D eigenvalue weighted by atomic mass is 79.9. The number of rotatable bonds is 5. The zero-order valence-electron chi connectivity index (χ0n) is 12.5. The van der Waals surface area contributed by atoms with Crippen molar-refractivity contribution >= 4 is 27.6 Å². The van der Waals surface area contributed by atoms with Gasteiger partial charge in [-0.1, -0.05) is 29.8 Å². The van der Waals surface area contributed by atoms with Gasteiger partial charge < -0.3 is 15.3 Å². The number of benzene rings is 1. The number of urea groups is 1. The predicted octanol–water partition coefficient (Wildman–Crippen LogP) is 3.81. The molecule has 20 heavy (non-hydrogen) atoms. The van der Waals surface area contributed by atoms with Crippen molar-refractivity contribution in [2.24, 2.45) is 0 Å². The Morgan fingerprint density at radius 2 is 2.05 bits per heavy atom. The highest BCUT2D eigenvalue weighted by molar-refractivity contribution is 9.10. The molecule has 0 aromatic heterocycles. The minimum atomic E-state index is -0.399. The first-order valence-corrected chi connectivity index (χ1v) is 7.60. The Labute approximate surface area is 129 Å². The summed E-state index contributed by atoms with van der Waals surface area (Å²) in [5, 5.41) is 12.2. The number of nitrogens with one attached hydrogen (secondary N) is 1. The minimum Gasteiger partial charge on any atom is -0.393 e. The second kappa shape index (κ2) is 7.64. The fourth-order valence-electron chi connectivity index (χ4n) is 1.82. The first-order valence-electron chi connectivity index (χ1n) is 6.81. The van der Waals surface area contributed by atoms with E-state index in [-0.39, 0.29) is 6.03 Å². The Morgan fingerprint density at radius 1 is 1.40 bits per heavy atom. The van der Waals surface area contributed by atoms with Gasteiger partial charge in [-0.25, -0.2) is 4.79 Å². The van der Waals surface area contributed by atoms with Crippen LogP contribution in [0.3, 0.4) is 0 Å². The molecule has 0 radical (unpaired) electrons. The molecule has 1 aromatic carbocycles. The predicted molar refractivity (Wildman–Crippen MR) is 86.2 cm³/mol. The summed E-state index contributed by atoms with van der Waals surface area (Å²) in [6, 6.07) is 5.68. The Hall–Kier alpha value is -1.07. The van der Waals surface area contributed by atoms with Crippen LogP contribution in [0.15, 0.2) is 22.7 Å². The monoisotopic (exact) mass is 342 g/mol. The zero-order valence-corrected chi connectivity index (χ0v) is 14.1. The van der Waals surface area contributed by atoms with Gasteiger partial charge in [0.25, 0.3) is 0 Å². The molecule has 0 saturated carbocycles. The summed E-state index contributed by atoms with van der Waals surface area (Å²) >= 11 is 3.45. The molecule has 0 aliphatic carbocycles. The van der Waals surface area contributed by atoms with Gasteiger partial charge in [0.1, 0.15) is 0 Å². The molecule has 1 aromatic rings. The average Bonchev–Trinajstić information content (AvgIpc) is 2.37. The van der Waals surface area contributed by atoms with E-state index in [1.54, 1.807) is 18.9 Å². The van der Waals surface area contributed by atoms with Gasteiger partial charge >= 0.3 is 6.03 Å². The summed E-state index contributed by atoms with van der Waals surface area (Å²) in [5.41, 5.74) is 1.92. The fourth-order valence-corrected chi connectivity index (χ4v) is 2.20. The summed E-state index contributed by atoms with van der Waals surface area (Å²) in [4.78, 5) is 13.7. The van der Waals surface area contributed by atoms with Crippen LogP contribution in [0.25, 0.3) is 0 Å². The van der Waals surface area contributed by atoms with Crippen molar-refractivity contribution in [3.63, 3.8) is 0 Å². The fraction of sp³-hybridized carbons (Fsp3) is 0.533. The van der Waals surface area contributed by atoms with Crippen LogP contribution in [0, 0.1) is 0 Å². The molecule has 0 aliphatic rings. The van der Waals surface area contributed by atoms with Crippen LogP contribution < -0.4 is 5.32 Å². The number of carbonyl (C=O) groups is 1. The number of amides is 2. The van der Waals surface area contributed by atoms with E-state index >= 15 is 0 Å². The molecule has 0 saturated heterocycles. The van der Waals surface area contributed by atoms with Crippen LogP contribution in [0.2, 0.25) is 0 Å². The third kappa shape index (κ3) is 5.13. The first-order chi connectivity index (χ1) is 9.31. The summed E-state index contributed by atoms with van der Waals surface area (Å²) in [7, 11) is 1.73. The van der Waals surface area contributed by atoms with Crippen LogP contribution in [-0.2, 0) is 0 Å². The standard InChI is InChI=1S/C15H23BrN2O2/c1-10(2)13-9-12(16)5-6-14(13)17-15(20)18(4)8-7-11(3)19/h5-6,9-11,19H,7-8H2,1-4H3,(H,17,20). The lowest BCUT2D eigenvalue weighted by atomic mass is 10.0. The number of nitrogens with zero attached hydrogens (tertiary/aromatic N) is 1. The van der Waals surface area contributed by atoms with E-state index in [1.165, 1.54) is 0 Å². The topological polar surface area (TPSA) is 52.6 Å². The molecule has 2 amide bonds. The maximum atomic E-state index is 12.1. The average molecular weight is 343 g/mol. The van der Waals surface area contributed by atoms with Crippen molar-refractivity contribution in [2.45, 2.75) is 39.2 Å². The Balaban J connectivity index is 2.75. The maximum Gasteiger partial charge on any atom is 0.321 e. The largest absolute Gasteiger partial charge is 0.393 e. The highest BCUT2D eigenvalue weighted by Gasteiger charge is 2.13. The van der Waals surface area contributed by atoms with E-state index in [0.717, 1.165) is 15.7 Å². The van der Waals surface area contributed by atoms with Crippen molar-refractivity contribution in [1.29, 1.82) is 0 Å². The first kappa shape index (κ1) is 17.0. The summed E-state index contributed by atoms with van der Waals surface area (Å²) < 4.78 is 1.00. The summed E-state index contributed by atoms with van der Waals surface area (Å²) in [6.07, 6.45) is 0.172. The third-order valence-corrected chi connectivity index (χ3v) is 3.60. The normalized spacial score (nSPS) is 12.3. The van der Waals surface area contributed by atoms with Crippen molar-refractivity contribution in [3.8, 4) is 0 Å². The van der Waals surface area contributed by atoms with Gasteiger partial charge in [-0.2, -0.15) is 0 Å². The number of halogens is 1. The van der Waals surface area contributed by atoms with Gasteiger partial charge in [-0.05, 0) is 43.0 Å². The Bertz CT molecular complexity index is 461. The van der Waals surface area contributed by atoms with Crippen LogP contribution in [0.4, 0.5) is 10.5 Å². The van der Waals surface area contributed by atoms with Crippen molar-refractivity contribution < 1.29 is 9.90 Å². The third-order valence-electron chi connectivity index (χ3n) is 3.11. The zero-order chi connectivity index (χ0) is 15.3. The van der Waals surface area contributed by atoms with Crippen molar-refractivity contribution in [3.05, 3.63) is 28.2 Å². The van der Waals surface area contributed by atoms with E-state index in [9.17, 15) is 9.90 Å². The van der Waals surface area contributed by atoms with Gasteiger partial charge in [0.15, 0.2) is 0 Å². The molecular formula is C15H23BrN2O2. The molecule has 0 fully saturated rings. The van der Waals surface area contributed by atoms with E-state index in [0.29, 0.717) is 18.9 Å². The minimum absolute atomic E-state index is 0.158. The molecule has 1 unspecified atom stereocenters. The molecular weight excluding hydrogens is 320 g/mol. The SMILES string of the molecule is CC(O)CCN(C)C(=O)Nc1ccc(Br)cc1C(C)C. The molecule has 4 nitrogen and oxygen atoms in total. The van der Waals surface area contributed by atoms with Crippen LogP contribution in [0.5, 0.6) is 0 Å². The lowest BCUT2D eigenvalue weighted by Crippen LogP contribution is -2.33. The van der Waals surface area contributed by atoms with Gasteiger partial charge in [0.2, 0.25) is 0 Å². The molecule has 112 valence electrons. The second-order valence-electron chi connectivity index (χ2n) is 5.38. The van der Waals surface area contributed by atoms with Gasteiger partial charge in [0, 0.05) is 23.8 Å². The molecule has 0 heterocycles.